The van der Waals surface area contributed by atoms with Crippen LogP contribution in [0.3, 0.4) is 0 Å². The fraction of sp³-hybridized carbons (Fsp3) is 0.238. The summed E-state index contributed by atoms with van der Waals surface area (Å²) < 4.78 is 0. The lowest BCUT2D eigenvalue weighted by atomic mass is 9.85. The molecule has 3 rings (SSSR count). The number of nitrogens with one attached hydrogen (secondary N) is 1. The van der Waals surface area contributed by atoms with Crippen LogP contribution < -0.4 is 11.1 Å². The molecule has 0 atom stereocenters. The van der Waals surface area contributed by atoms with Crippen LogP contribution in [0.25, 0.3) is 5.70 Å². The van der Waals surface area contributed by atoms with Crippen LogP contribution in [-0.4, -0.2) is 17.2 Å². The number of carbonyl (C=O) groups excluding carboxylic acids is 2. The minimum Gasteiger partial charge on any atom is -0.377 e. The van der Waals surface area contributed by atoms with Gasteiger partial charge in [-0.15, -0.1) is 10.2 Å². The molecule has 27 heavy (non-hydrogen) atoms. The molecular weight excluding hydrogens is 340 g/mol. The number of amides is 1. The zero-order chi connectivity index (χ0) is 19.6. The van der Waals surface area contributed by atoms with E-state index in [2.05, 4.69) is 15.5 Å². The SMILES string of the molecule is CC(=O)c1ccccc1/N=N/C(C(N)=O)=C1\NC(C)(C)Cc2ccccc21. The first kappa shape index (κ1) is 18.5. The van der Waals surface area contributed by atoms with Gasteiger partial charge >= 0.3 is 0 Å². The average molecular weight is 362 g/mol. The van der Waals surface area contributed by atoms with Gasteiger partial charge in [-0.2, -0.15) is 0 Å². The molecule has 0 aromatic heterocycles. The third-order valence-electron chi connectivity index (χ3n) is 4.39. The monoisotopic (exact) mass is 362 g/mol. The molecule has 2 aromatic rings. The van der Waals surface area contributed by atoms with Crippen molar-refractivity contribution in [3.63, 3.8) is 0 Å². The number of Topliss-reactive ketones (excluding diaryl/α,β-unsaturated/α-hetero) is 1. The molecule has 1 amide bonds. The number of nitrogens with zero attached hydrogens (tertiary/aromatic N) is 2. The molecule has 1 aliphatic heterocycles. The van der Waals surface area contributed by atoms with Crippen LogP contribution in [0.4, 0.5) is 5.69 Å². The van der Waals surface area contributed by atoms with E-state index in [1.54, 1.807) is 24.3 Å². The lowest BCUT2D eigenvalue weighted by Crippen LogP contribution is -2.44. The molecule has 0 saturated carbocycles. The van der Waals surface area contributed by atoms with Gasteiger partial charge in [0.15, 0.2) is 11.5 Å². The highest BCUT2D eigenvalue weighted by Crippen LogP contribution is 2.32. The molecule has 0 fully saturated rings. The van der Waals surface area contributed by atoms with Crippen LogP contribution in [0, 0.1) is 0 Å². The molecule has 1 aliphatic rings. The summed E-state index contributed by atoms with van der Waals surface area (Å²) >= 11 is 0. The van der Waals surface area contributed by atoms with Crippen molar-refractivity contribution in [2.24, 2.45) is 16.0 Å². The van der Waals surface area contributed by atoms with E-state index in [0.29, 0.717) is 16.9 Å². The molecule has 0 radical (unpaired) electrons. The lowest BCUT2D eigenvalue weighted by molar-refractivity contribution is -0.114. The maximum Gasteiger partial charge on any atom is 0.271 e. The van der Waals surface area contributed by atoms with E-state index in [9.17, 15) is 9.59 Å². The molecule has 0 bridgehead atoms. The number of primary amides is 1. The number of nitrogens with two attached hydrogens (primary N) is 1. The quantitative estimate of drug-likeness (QED) is 0.492. The first-order chi connectivity index (χ1) is 12.8. The normalized spacial score (nSPS) is 17.1. The summed E-state index contributed by atoms with van der Waals surface area (Å²) in [7, 11) is 0. The van der Waals surface area contributed by atoms with E-state index >= 15 is 0 Å². The van der Waals surface area contributed by atoms with Crippen molar-refractivity contribution < 1.29 is 9.59 Å². The Morgan fingerprint density at radius 3 is 2.44 bits per heavy atom. The van der Waals surface area contributed by atoms with Crippen LogP contribution >= 0.6 is 0 Å². The number of hydrogen-bond acceptors (Lipinski definition) is 5. The van der Waals surface area contributed by atoms with E-state index in [0.717, 1.165) is 17.5 Å². The maximum absolute atomic E-state index is 12.2. The Bertz CT molecular complexity index is 974. The summed E-state index contributed by atoms with van der Waals surface area (Å²) in [5, 5.41) is 11.7. The molecule has 0 unspecified atom stereocenters. The predicted octanol–water partition coefficient (Wildman–Crippen LogP) is 3.75. The zero-order valence-electron chi connectivity index (χ0n) is 15.6. The molecule has 0 spiro atoms. The Kier molecular flexibility index (Phi) is 4.90. The number of rotatable bonds is 4. The average Bonchev–Trinajstić information content (AvgIpc) is 2.60. The van der Waals surface area contributed by atoms with E-state index < -0.39 is 5.91 Å². The van der Waals surface area contributed by atoms with E-state index in [-0.39, 0.29) is 17.0 Å². The number of fused-ring (bicyclic) bond motifs is 1. The van der Waals surface area contributed by atoms with Crippen LogP contribution in [0.2, 0.25) is 0 Å². The van der Waals surface area contributed by atoms with Crippen molar-refractivity contribution in [3.05, 3.63) is 70.9 Å². The predicted molar refractivity (Wildman–Crippen MR) is 104 cm³/mol. The van der Waals surface area contributed by atoms with Gasteiger partial charge in [0.2, 0.25) is 0 Å². The summed E-state index contributed by atoms with van der Waals surface area (Å²) in [4.78, 5) is 23.9. The summed E-state index contributed by atoms with van der Waals surface area (Å²) in [6.07, 6.45) is 0.809. The molecule has 0 aliphatic carbocycles. The van der Waals surface area contributed by atoms with Crippen LogP contribution in [0.15, 0.2) is 64.5 Å². The third kappa shape index (κ3) is 3.95. The maximum atomic E-state index is 12.2. The molecule has 6 nitrogen and oxygen atoms in total. The second kappa shape index (κ2) is 7.15. The van der Waals surface area contributed by atoms with Crippen LogP contribution in [0.5, 0.6) is 0 Å². The van der Waals surface area contributed by atoms with Gasteiger partial charge in [0.05, 0.1) is 11.4 Å². The molecule has 0 saturated heterocycles. The van der Waals surface area contributed by atoms with Gasteiger partial charge in [-0.3, -0.25) is 9.59 Å². The Morgan fingerprint density at radius 2 is 1.74 bits per heavy atom. The minimum atomic E-state index is -0.686. The molecule has 138 valence electrons. The van der Waals surface area contributed by atoms with Crippen molar-refractivity contribution in [2.45, 2.75) is 32.7 Å². The van der Waals surface area contributed by atoms with Gasteiger partial charge < -0.3 is 11.1 Å². The second-order valence-electron chi connectivity index (χ2n) is 7.20. The van der Waals surface area contributed by atoms with Crippen LogP contribution in [-0.2, 0) is 11.2 Å². The summed E-state index contributed by atoms with van der Waals surface area (Å²) in [6.45, 7) is 5.55. The highest BCUT2D eigenvalue weighted by Gasteiger charge is 2.30. The number of azo groups is 1. The fourth-order valence-electron chi connectivity index (χ4n) is 3.22. The minimum absolute atomic E-state index is 0.0357. The van der Waals surface area contributed by atoms with Crippen LogP contribution in [0.1, 0.15) is 42.3 Å². The molecule has 6 heteroatoms. The molecule has 1 heterocycles. The van der Waals surface area contributed by atoms with Gasteiger partial charge in [-0.25, -0.2) is 0 Å². The second-order valence-corrected chi connectivity index (χ2v) is 7.20. The van der Waals surface area contributed by atoms with Crippen molar-refractivity contribution in [3.8, 4) is 0 Å². The van der Waals surface area contributed by atoms with Crippen molar-refractivity contribution in [1.82, 2.24) is 5.32 Å². The Labute approximate surface area is 158 Å². The summed E-state index contributed by atoms with van der Waals surface area (Å²) in [5.74, 6) is -0.811. The van der Waals surface area contributed by atoms with E-state index in [4.69, 9.17) is 5.73 Å². The Hall–Kier alpha value is -3.28. The van der Waals surface area contributed by atoms with Gasteiger partial charge in [-0.1, -0.05) is 36.4 Å². The lowest BCUT2D eigenvalue weighted by Gasteiger charge is -2.35. The first-order valence-electron chi connectivity index (χ1n) is 8.71. The standard InChI is InChI=1S/C21H22N4O2/c1-13(26)15-9-6-7-11-17(15)24-25-19(20(22)27)18-16-10-5-4-8-14(16)12-21(2,3)23-18/h4-11,23H,12H2,1-3H3,(H2,22,27)/b19-18-,25-24+. The Morgan fingerprint density at radius 1 is 1.07 bits per heavy atom. The molecule has 2 aromatic carbocycles. The summed E-state index contributed by atoms with van der Waals surface area (Å²) in [5.41, 5.74) is 8.76. The number of ketones is 1. The number of carbonyl (C=O) groups is 2. The van der Waals surface area contributed by atoms with E-state index in [1.807, 2.05) is 38.1 Å². The Balaban J connectivity index is 2.14. The van der Waals surface area contributed by atoms with Gasteiger partial charge in [0.1, 0.15) is 0 Å². The first-order valence-corrected chi connectivity index (χ1v) is 8.71. The van der Waals surface area contributed by atoms with Crippen molar-refractivity contribution >= 4 is 23.1 Å². The highest BCUT2D eigenvalue weighted by molar-refractivity contribution is 6.00. The largest absolute Gasteiger partial charge is 0.377 e. The van der Waals surface area contributed by atoms with E-state index in [1.165, 1.54) is 6.92 Å². The highest BCUT2D eigenvalue weighted by atomic mass is 16.1. The fourth-order valence-corrected chi connectivity index (χ4v) is 3.22. The molecule has 3 N–H and O–H groups in total. The smallest absolute Gasteiger partial charge is 0.271 e. The van der Waals surface area contributed by atoms with Crippen molar-refractivity contribution in [1.29, 1.82) is 0 Å². The van der Waals surface area contributed by atoms with Gasteiger partial charge in [0, 0.05) is 16.7 Å². The molecular formula is C21H22N4O2. The topological polar surface area (TPSA) is 96.9 Å². The van der Waals surface area contributed by atoms with Gasteiger partial charge in [0.25, 0.3) is 5.91 Å². The third-order valence-corrected chi connectivity index (χ3v) is 4.39. The van der Waals surface area contributed by atoms with Crippen molar-refractivity contribution in [2.75, 3.05) is 0 Å². The number of benzene rings is 2. The zero-order valence-corrected chi connectivity index (χ0v) is 15.6. The summed E-state index contributed by atoms with van der Waals surface area (Å²) in [6, 6.07) is 14.7. The van der Waals surface area contributed by atoms with Gasteiger partial charge in [-0.05, 0) is 44.9 Å². The number of hydrogen-bond donors (Lipinski definition) is 2.